The van der Waals surface area contributed by atoms with E-state index in [1.54, 1.807) is 6.92 Å². The van der Waals surface area contributed by atoms with Gasteiger partial charge in [-0.15, -0.1) is 0 Å². The van der Waals surface area contributed by atoms with E-state index in [4.69, 9.17) is 10.2 Å². The molecule has 1 heterocycles. The molecule has 152 valence electrons. The molecule has 0 unspecified atom stereocenters. The van der Waals surface area contributed by atoms with Crippen LogP contribution in [0.1, 0.15) is 31.4 Å². The lowest BCUT2D eigenvalue weighted by Crippen LogP contribution is -2.45. The van der Waals surface area contributed by atoms with Crippen LogP contribution in [0.2, 0.25) is 0 Å². The number of carbonyl (C=O) groups excluding carboxylic acids is 2. The number of nitrogens with zero attached hydrogens (tertiary/aromatic N) is 1. The minimum absolute atomic E-state index is 0.103. The van der Waals surface area contributed by atoms with Gasteiger partial charge in [-0.3, -0.25) is 15.1 Å². The van der Waals surface area contributed by atoms with Crippen molar-refractivity contribution in [3.8, 4) is 0 Å². The molecule has 0 saturated heterocycles. The predicted molar refractivity (Wildman–Crippen MR) is 99.6 cm³/mol. The van der Waals surface area contributed by atoms with Gasteiger partial charge < -0.3 is 26.2 Å². The van der Waals surface area contributed by atoms with Crippen molar-refractivity contribution in [1.29, 1.82) is 0 Å². The monoisotopic (exact) mass is 384 g/mol. The van der Waals surface area contributed by atoms with Gasteiger partial charge in [-0.2, -0.15) is 0 Å². The smallest absolute Gasteiger partial charge is 0.321 e. The van der Waals surface area contributed by atoms with Crippen molar-refractivity contribution in [1.82, 2.24) is 25.9 Å². The Morgan fingerprint density at radius 3 is 2.22 bits per heavy atom. The van der Waals surface area contributed by atoms with Crippen LogP contribution in [0.25, 0.3) is 0 Å². The summed E-state index contributed by atoms with van der Waals surface area (Å²) >= 11 is 0. The van der Waals surface area contributed by atoms with Gasteiger partial charge in [-0.05, 0) is 19.8 Å². The molecule has 0 aliphatic heterocycles. The Bertz CT molecular complexity index is 646. The highest BCUT2D eigenvalue weighted by atomic mass is 16.3. The number of H-pyrrole nitrogens is 1. The van der Waals surface area contributed by atoms with E-state index < -0.39 is 18.1 Å². The van der Waals surface area contributed by atoms with Crippen molar-refractivity contribution in [3.05, 3.63) is 22.1 Å². The van der Waals surface area contributed by atoms with Crippen LogP contribution in [0.15, 0.2) is 10.9 Å². The first-order valence-electron chi connectivity index (χ1n) is 8.83. The van der Waals surface area contributed by atoms with Gasteiger partial charge in [0, 0.05) is 24.8 Å². The number of aromatic amines is 1. The Labute approximate surface area is 157 Å². The van der Waals surface area contributed by atoms with Gasteiger partial charge in [0.2, 0.25) is 5.95 Å². The van der Waals surface area contributed by atoms with E-state index >= 15 is 0 Å². The molecule has 0 atom stereocenters. The summed E-state index contributed by atoms with van der Waals surface area (Å²) in [6.07, 6.45) is 3.30. The van der Waals surface area contributed by atoms with Crippen LogP contribution < -0.4 is 26.8 Å². The van der Waals surface area contributed by atoms with Crippen LogP contribution in [-0.2, 0) is 0 Å². The number of aryl methyl sites for hydroxylation is 1. The van der Waals surface area contributed by atoms with E-state index in [1.807, 2.05) is 0 Å². The Hall–Kier alpha value is -2.66. The number of hydrogen-bond donors (Lipinski definition) is 7. The second-order valence-electron chi connectivity index (χ2n) is 5.99. The number of urea groups is 2. The zero-order chi connectivity index (χ0) is 20.1. The molecule has 1 aromatic heterocycles. The molecule has 0 saturated carbocycles. The van der Waals surface area contributed by atoms with E-state index in [9.17, 15) is 14.4 Å². The lowest BCUT2D eigenvalue weighted by molar-refractivity contribution is 0.169. The van der Waals surface area contributed by atoms with Gasteiger partial charge in [0.1, 0.15) is 0 Å². The van der Waals surface area contributed by atoms with E-state index in [2.05, 4.69) is 31.2 Å². The Morgan fingerprint density at radius 1 is 1.07 bits per heavy atom. The summed E-state index contributed by atoms with van der Waals surface area (Å²) < 4.78 is 0. The molecule has 11 heteroatoms. The molecule has 11 nitrogen and oxygen atoms in total. The second-order valence-corrected chi connectivity index (χ2v) is 5.99. The number of aromatic nitrogens is 2. The van der Waals surface area contributed by atoms with Gasteiger partial charge in [0.15, 0.2) is 0 Å². The third-order valence-electron chi connectivity index (χ3n) is 3.55. The molecule has 1 rings (SSSR count). The number of carbonyl (C=O) groups is 2. The van der Waals surface area contributed by atoms with Gasteiger partial charge in [-0.1, -0.05) is 12.8 Å². The zero-order valence-electron chi connectivity index (χ0n) is 15.4. The molecule has 7 N–H and O–H groups in total. The van der Waals surface area contributed by atoms with Crippen molar-refractivity contribution in [2.45, 2.75) is 38.6 Å². The normalized spacial score (nSPS) is 10.5. The maximum absolute atomic E-state index is 11.7. The first kappa shape index (κ1) is 22.4. The molecule has 0 fully saturated rings. The van der Waals surface area contributed by atoms with E-state index in [-0.39, 0.29) is 24.7 Å². The van der Waals surface area contributed by atoms with Crippen LogP contribution in [0, 0.1) is 6.92 Å². The molecule has 0 aromatic carbocycles. The lowest BCUT2D eigenvalue weighted by atomic mass is 10.2. The van der Waals surface area contributed by atoms with Crippen molar-refractivity contribution in [3.63, 3.8) is 0 Å². The maximum Gasteiger partial charge on any atom is 0.321 e. The number of aliphatic hydroxyl groups excluding tert-OH is 2. The minimum Gasteiger partial charge on any atom is -0.394 e. The van der Waals surface area contributed by atoms with Crippen LogP contribution >= 0.6 is 0 Å². The number of unbranched alkanes of at least 4 members (excludes halogenated alkanes) is 3. The zero-order valence-corrected chi connectivity index (χ0v) is 15.4. The molecule has 0 aliphatic rings. The quantitative estimate of drug-likeness (QED) is 0.252. The van der Waals surface area contributed by atoms with Crippen molar-refractivity contribution in [2.75, 3.05) is 31.6 Å². The third-order valence-corrected chi connectivity index (χ3v) is 3.55. The summed E-state index contributed by atoms with van der Waals surface area (Å²) in [5.41, 5.74) is 0.183. The number of hydrogen-bond acceptors (Lipinski definition) is 6. The summed E-state index contributed by atoms with van der Waals surface area (Å²) in [5.74, 6) is 0.103. The lowest BCUT2D eigenvalue weighted by Gasteiger charge is -2.14. The Morgan fingerprint density at radius 2 is 1.67 bits per heavy atom. The first-order valence-corrected chi connectivity index (χ1v) is 8.83. The van der Waals surface area contributed by atoms with Crippen molar-refractivity contribution >= 4 is 18.0 Å². The largest absolute Gasteiger partial charge is 0.394 e. The van der Waals surface area contributed by atoms with E-state index in [1.165, 1.54) is 6.07 Å². The Kier molecular flexibility index (Phi) is 10.5. The highest BCUT2D eigenvalue weighted by Gasteiger charge is 2.08. The molecular formula is C16H28N6O5. The number of nitrogens with one attached hydrogen (secondary N) is 5. The summed E-state index contributed by atoms with van der Waals surface area (Å²) in [6.45, 7) is 1.98. The summed E-state index contributed by atoms with van der Waals surface area (Å²) in [5, 5.41) is 27.9. The number of rotatable bonds is 11. The standard InChI is InChI=1S/C16H28N6O5/c1-11-8-13(25)21-14(19-11)22-16(27)18-7-5-3-2-4-6-17-15(26)20-12(9-23)10-24/h8,12,23-24H,2-7,9-10H2,1H3,(H2,17,20,26)(H3,18,19,21,22,25,27). The molecule has 0 radical (unpaired) electrons. The van der Waals surface area contributed by atoms with Gasteiger partial charge in [0.05, 0.1) is 19.3 Å². The predicted octanol–water partition coefficient (Wildman–Crippen LogP) is -0.587. The first-order chi connectivity index (χ1) is 12.9. The average molecular weight is 384 g/mol. The van der Waals surface area contributed by atoms with E-state index in [0.717, 1.165) is 25.7 Å². The second kappa shape index (κ2) is 12.7. The van der Waals surface area contributed by atoms with Crippen LogP contribution in [0.3, 0.4) is 0 Å². The third kappa shape index (κ3) is 10.2. The van der Waals surface area contributed by atoms with Crippen molar-refractivity contribution in [2.24, 2.45) is 0 Å². The van der Waals surface area contributed by atoms with Gasteiger partial charge in [-0.25, -0.2) is 14.6 Å². The fourth-order valence-electron chi connectivity index (χ4n) is 2.18. The molecular weight excluding hydrogens is 356 g/mol. The molecule has 4 amide bonds. The average Bonchev–Trinajstić information content (AvgIpc) is 2.60. The molecule has 0 bridgehead atoms. The number of aliphatic hydroxyl groups is 2. The van der Waals surface area contributed by atoms with E-state index in [0.29, 0.717) is 18.8 Å². The topological polar surface area (TPSA) is 168 Å². The molecule has 0 aliphatic carbocycles. The number of anilines is 1. The maximum atomic E-state index is 11.7. The Balaban J connectivity index is 2.04. The molecule has 27 heavy (non-hydrogen) atoms. The molecule has 0 spiro atoms. The fourth-order valence-corrected chi connectivity index (χ4v) is 2.18. The van der Waals surface area contributed by atoms with Crippen LogP contribution in [0.5, 0.6) is 0 Å². The van der Waals surface area contributed by atoms with Gasteiger partial charge >= 0.3 is 12.1 Å². The summed E-state index contributed by atoms with van der Waals surface area (Å²) in [4.78, 5) is 40.9. The summed E-state index contributed by atoms with van der Waals surface area (Å²) in [6, 6.07) is -0.192. The van der Waals surface area contributed by atoms with Crippen molar-refractivity contribution < 1.29 is 19.8 Å². The van der Waals surface area contributed by atoms with Gasteiger partial charge in [0.25, 0.3) is 5.56 Å². The SMILES string of the molecule is Cc1cc(=O)[nH]c(NC(=O)NCCCCCCNC(=O)NC(CO)CO)n1. The van der Waals surface area contributed by atoms with Crippen LogP contribution in [0.4, 0.5) is 15.5 Å². The summed E-state index contributed by atoms with van der Waals surface area (Å²) in [7, 11) is 0. The highest BCUT2D eigenvalue weighted by Crippen LogP contribution is 1.99. The highest BCUT2D eigenvalue weighted by molar-refractivity contribution is 5.87. The van der Waals surface area contributed by atoms with Crippen LogP contribution in [-0.4, -0.2) is 64.6 Å². The molecule has 1 aromatic rings. The fraction of sp³-hybridized carbons (Fsp3) is 0.625. The number of amides is 4. The minimum atomic E-state index is -0.657.